The third-order valence-corrected chi connectivity index (χ3v) is 3.42. The van der Waals surface area contributed by atoms with E-state index in [-0.39, 0.29) is 0 Å². The molecule has 0 fully saturated rings. The van der Waals surface area contributed by atoms with E-state index in [1.54, 1.807) is 0 Å². The average Bonchev–Trinajstić information content (AvgIpc) is 2.39. The van der Waals surface area contributed by atoms with Crippen LogP contribution in [0.3, 0.4) is 0 Å². The molecular formula is C17H28N+. The topological polar surface area (TPSA) is 3.88 Å². The third-order valence-electron chi connectivity index (χ3n) is 3.42. The molecule has 100 valence electrons. The number of aromatic nitrogens is 1. The first kappa shape index (κ1) is 14.9. The van der Waals surface area contributed by atoms with Crippen LogP contribution in [-0.2, 0) is 13.5 Å². The van der Waals surface area contributed by atoms with E-state index in [0.717, 1.165) is 0 Å². The van der Waals surface area contributed by atoms with E-state index in [1.807, 2.05) is 6.08 Å². The Labute approximate surface area is 113 Å². The molecule has 0 aliphatic rings. The Bertz CT molecular complexity index is 313. The highest BCUT2D eigenvalue weighted by atomic mass is 14.9. The first-order valence-electron chi connectivity index (χ1n) is 7.38. The van der Waals surface area contributed by atoms with Gasteiger partial charge in [0.25, 0.3) is 0 Å². The molecule has 0 amide bonds. The minimum atomic E-state index is 1.19. The lowest BCUT2D eigenvalue weighted by molar-refractivity contribution is -0.671. The number of unbranched alkanes of at least 4 members (excludes halogenated alkanes) is 7. The monoisotopic (exact) mass is 246 g/mol. The maximum absolute atomic E-state index is 3.75. The molecule has 1 rings (SSSR count). The number of aryl methyl sites for hydroxylation is 2. The van der Waals surface area contributed by atoms with Gasteiger partial charge in [0.05, 0.1) is 0 Å². The van der Waals surface area contributed by atoms with E-state index in [4.69, 9.17) is 0 Å². The Hall–Kier alpha value is -1.11. The number of hydrogen-bond donors (Lipinski definition) is 0. The van der Waals surface area contributed by atoms with Crippen LogP contribution in [-0.4, -0.2) is 0 Å². The van der Waals surface area contributed by atoms with Crippen molar-refractivity contribution in [1.29, 1.82) is 0 Å². The molecular weight excluding hydrogens is 218 g/mol. The summed E-state index contributed by atoms with van der Waals surface area (Å²) >= 11 is 0. The summed E-state index contributed by atoms with van der Waals surface area (Å²) in [6.45, 7) is 3.75. The summed E-state index contributed by atoms with van der Waals surface area (Å²) in [5.74, 6) is 0. The van der Waals surface area contributed by atoms with Crippen molar-refractivity contribution in [1.82, 2.24) is 0 Å². The van der Waals surface area contributed by atoms with Crippen molar-refractivity contribution in [3.63, 3.8) is 0 Å². The summed E-state index contributed by atoms with van der Waals surface area (Å²) in [4.78, 5) is 0. The molecule has 0 bridgehead atoms. The van der Waals surface area contributed by atoms with Crippen LogP contribution in [0.2, 0.25) is 0 Å². The highest BCUT2D eigenvalue weighted by molar-refractivity contribution is 5.06. The fraction of sp³-hybridized carbons (Fsp3) is 0.588. The second kappa shape index (κ2) is 9.87. The number of nitrogens with zero attached hydrogens (tertiary/aromatic N) is 1. The highest BCUT2D eigenvalue weighted by Crippen LogP contribution is 2.10. The maximum atomic E-state index is 3.75. The van der Waals surface area contributed by atoms with Crippen molar-refractivity contribution in [2.45, 2.75) is 57.8 Å². The van der Waals surface area contributed by atoms with Gasteiger partial charge in [0.1, 0.15) is 7.05 Å². The number of pyridine rings is 1. The first-order chi connectivity index (χ1) is 8.83. The van der Waals surface area contributed by atoms with Crippen LogP contribution in [0.1, 0.15) is 56.9 Å². The molecule has 0 spiro atoms. The van der Waals surface area contributed by atoms with Crippen molar-refractivity contribution < 1.29 is 4.57 Å². The molecule has 1 nitrogen and oxygen atoms in total. The molecule has 0 unspecified atom stereocenters. The van der Waals surface area contributed by atoms with Crippen molar-refractivity contribution >= 4 is 0 Å². The Kier molecular flexibility index (Phi) is 8.20. The van der Waals surface area contributed by atoms with Gasteiger partial charge in [0.2, 0.25) is 0 Å². The van der Waals surface area contributed by atoms with Gasteiger partial charge in [0, 0.05) is 12.1 Å². The van der Waals surface area contributed by atoms with E-state index < -0.39 is 0 Å². The predicted molar refractivity (Wildman–Crippen MR) is 78.5 cm³/mol. The summed E-state index contributed by atoms with van der Waals surface area (Å²) in [6.07, 6.45) is 18.3. The van der Waals surface area contributed by atoms with Crippen molar-refractivity contribution in [3.8, 4) is 0 Å². The molecule has 18 heavy (non-hydrogen) atoms. The molecule has 0 atom stereocenters. The van der Waals surface area contributed by atoms with E-state index in [1.165, 1.54) is 63.4 Å². The SMILES string of the molecule is C=CCCCCCCCCCc1cc[n+](C)cc1. The minimum absolute atomic E-state index is 1.19. The van der Waals surface area contributed by atoms with Crippen molar-refractivity contribution in [2.75, 3.05) is 0 Å². The van der Waals surface area contributed by atoms with E-state index in [2.05, 4.69) is 42.7 Å². The largest absolute Gasteiger partial charge is 0.208 e. The zero-order valence-corrected chi connectivity index (χ0v) is 11.9. The Morgan fingerprint density at radius 3 is 2.11 bits per heavy atom. The predicted octanol–water partition coefficient (Wildman–Crippen LogP) is 4.36. The fourth-order valence-electron chi connectivity index (χ4n) is 2.20. The van der Waals surface area contributed by atoms with Gasteiger partial charge in [0.15, 0.2) is 12.4 Å². The molecule has 0 aromatic carbocycles. The second-order valence-electron chi connectivity index (χ2n) is 5.17. The maximum Gasteiger partial charge on any atom is 0.168 e. The van der Waals surface area contributed by atoms with Crippen LogP contribution in [0.15, 0.2) is 37.2 Å². The van der Waals surface area contributed by atoms with Gasteiger partial charge in [-0.2, -0.15) is 0 Å². The number of allylic oxidation sites excluding steroid dienone is 1. The molecule has 0 N–H and O–H groups in total. The molecule has 1 aromatic rings. The molecule has 1 heterocycles. The zero-order chi connectivity index (χ0) is 13.1. The summed E-state index contributed by atoms with van der Waals surface area (Å²) in [5, 5.41) is 0. The van der Waals surface area contributed by atoms with Crippen molar-refractivity contribution in [2.24, 2.45) is 7.05 Å². The molecule has 0 radical (unpaired) electrons. The fourth-order valence-corrected chi connectivity index (χ4v) is 2.20. The van der Waals surface area contributed by atoms with Crippen LogP contribution in [0.25, 0.3) is 0 Å². The third kappa shape index (κ3) is 7.26. The Balaban J connectivity index is 1.92. The normalized spacial score (nSPS) is 10.5. The number of hydrogen-bond acceptors (Lipinski definition) is 0. The lowest BCUT2D eigenvalue weighted by atomic mass is 10.0. The van der Waals surface area contributed by atoms with Gasteiger partial charge < -0.3 is 0 Å². The molecule has 0 aliphatic heterocycles. The zero-order valence-electron chi connectivity index (χ0n) is 11.9. The van der Waals surface area contributed by atoms with Crippen LogP contribution >= 0.6 is 0 Å². The summed E-state index contributed by atoms with van der Waals surface area (Å²) in [5.41, 5.74) is 1.47. The van der Waals surface area contributed by atoms with E-state index >= 15 is 0 Å². The van der Waals surface area contributed by atoms with Gasteiger partial charge >= 0.3 is 0 Å². The summed E-state index contributed by atoms with van der Waals surface area (Å²) < 4.78 is 2.09. The molecule has 0 saturated carbocycles. The smallest absolute Gasteiger partial charge is 0.168 e. The van der Waals surface area contributed by atoms with Gasteiger partial charge in [-0.15, -0.1) is 6.58 Å². The second-order valence-corrected chi connectivity index (χ2v) is 5.17. The van der Waals surface area contributed by atoms with E-state index in [0.29, 0.717) is 0 Å². The lowest BCUT2D eigenvalue weighted by Crippen LogP contribution is -2.25. The van der Waals surface area contributed by atoms with Gasteiger partial charge in [-0.25, -0.2) is 4.57 Å². The summed E-state index contributed by atoms with van der Waals surface area (Å²) in [6, 6.07) is 4.46. The van der Waals surface area contributed by atoms with Gasteiger partial charge in [-0.3, -0.25) is 0 Å². The van der Waals surface area contributed by atoms with E-state index in [9.17, 15) is 0 Å². The molecule has 1 heteroatoms. The quantitative estimate of drug-likeness (QED) is 0.328. The van der Waals surface area contributed by atoms with Crippen LogP contribution in [0.4, 0.5) is 0 Å². The van der Waals surface area contributed by atoms with Gasteiger partial charge in [-0.1, -0.05) is 38.2 Å². The van der Waals surface area contributed by atoms with Crippen LogP contribution in [0.5, 0.6) is 0 Å². The molecule has 0 aliphatic carbocycles. The van der Waals surface area contributed by atoms with Crippen LogP contribution in [0, 0.1) is 0 Å². The number of rotatable bonds is 10. The standard InChI is InChI=1S/C17H28N/c1-3-4-5-6-7-8-9-10-11-12-17-13-15-18(2)16-14-17/h3,13-16H,1,4-12H2,2H3/q+1. The highest BCUT2D eigenvalue weighted by Gasteiger charge is 1.96. The lowest BCUT2D eigenvalue weighted by Gasteiger charge is -2.02. The first-order valence-corrected chi connectivity index (χ1v) is 7.38. The van der Waals surface area contributed by atoms with Crippen LogP contribution < -0.4 is 4.57 Å². The minimum Gasteiger partial charge on any atom is -0.208 e. The average molecular weight is 246 g/mol. The molecule has 0 saturated heterocycles. The Morgan fingerprint density at radius 2 is 1.50 bits per heavy atom. The van der Waals surface area contributed by atoms with Crippen molar-refractivity contribution in [3.05, 3.63) is 42.7 Å². The molecule has 1 aromatic heterocycles. The summed E-state index contributed by atoms with van der Waals surface area (Å²) in [7, 11) is 2.07. The van der Waals surface area contributed by atoms with Gasteiger partial charge in [-0.05, 0) is 31.2 Å². The Morgan fingerprint density at radius 1 is 0.944 bits per heavy atom.